The Morgan fingerprint density at radius 3 is 2.50 bits per heavy atom. The molecule has 7 atom stereocenters. The zero-order chi connectivity index (χ0) is 26.8. The van der Waals surface area contributed by atoms with Gasteiger partial charge in [0.2, 0.25) is 0 Å². The van der Waals surface area contributed by atoms with Crippen molar-refractivity contribution in [1.29, 1.82) is 0 Å². The van der Waals surface area contributed by atoms with Gasteiger partial charge in [-0.2, -0.15) is 0 Å². The largest absolute Gasteiger partial charge is 0.511 e. The van der Waals surface area contributed by atoms with Crippen LogP contribution in [0.15, 0.2) is 59.4 Å². The van der Waals surface area contributed by atoms with Crippen LogP contribution in [0, 0.1) is 28.6 Å². The lowest BCUT2D eigenvalue weighted by Crippen LogP contribution is -2.54. The molecule has 0 aromatic carbocycles. The van der Waals surface area contributed by atoms with Gasteiger partial charge in [-0.15, -0.1) is 0 Å². The molecule has 6 nitrogen and oxygen atoms in total. The second-order valence-electron chi connectivity index (χ2n) is 11.5. The summed E-state index contributed by atoms with van der Waals surface area (Å²) in [6.45, 7) is 9.79. The molecule has 1 saturated heterocycles. The molecule has 6 heteroatoms. The van der Waals surface area contributed by atoms with Crippen molar-refractivity contribution >= 4 is 11.7 Å². The Balaban J connectivity index is 2.11. The number of carbonyl (C=O) groups excluding carboxylic acids is 2. The number of hydrogen-bond donors (Lipinski definition) is 3. The Labute approximate surface area is 215 Å². The Bertz CT molecular complexity index is 1020. The van der Waals surface area contributed by atoms with Crippen molar-refractivity contribution in [3.05, 3.63) is 59.4 Å². The first-order chi connectivity index (χ1) is 16.9. The van der Waals surface area contributed by atoms with Gasteiger partial charge in [-0.3, -0.25) is 9.59 Å². The normalized spacial score (nSPS) is 37.8. The number of allylic oxidation sites excluding steroid dienone is 8. The van der Waals surface area contributed by atoms with Crippen LogP contribution in [-0.2, 0) is 9.59 Å². The smallest absolute Gasteiger partial charge is 0.261 e. The zero-order valence-corrected chi connectivity index (χ0v) is 22.6. The van der Waals surface area contributed by atoms with Crippen LogP contribution in [0.1, 0.15) is 60.3 Å². The molecule has 0 aromatic rings. The molecule has 1 saturated carbocycles. The van der Waals surface area contributed by atoms with Crippen LogP contribution in [-0.4, -0.2) is 57.7 Å². The predicted octanol–water partition coefficient (Wildman–Crippen LogP) is 4.66. The summed E-state index contributed by atoms with van der Waals surface area (Å²) in [6, 6.07) is -0.959. The fourth-order valence-corrected chi connectivity index (χ4v) is 6.54. The SMILES string of the molecule is CC1=C[C@H]2C[C@@H](C)CC[C@]2(C)[C@@](C)(/C(O)=C2/C(=O)[C@@H](CO)N(C)C2=O)[C@H]1/C=C/C=C/C=C/C[C@@H](C)O. The topological polar surface area (TPSA) is 98.1 Å². The summed E-state index contributed by atoms with van der Waals surface area (Å²) in [5, 5.41) is 31.0. The molecule has 0 bridgehead atoms. The number of rotatable bonds is 7. The van der Waals surface area contributed by atoms with E-state index < -0.39 is 29.8 Å². The quantitative estimate of drug-likeness (QED) is 0.156. The van der Waals surface area contributed by atoms with E-state index in [9.17, 15) is 24.9 Å². The highest BCUT2D eigenvalue weighted by Crippen LogP contribution is 2.65. The van der Waals surface area contributed by atoms with Crippen LogP contribution in [0.3, 0.4) is 0 Å². The van der Waals surface area contributed by atoms with Crippen LogP contribution in [0.25, 0.3) is 0 Å². The van der Waals surface area contributed by atoms with Gasteiger partial charge in [0.25, 0.3) is 5.91 Å². The molecule has 3 aliphatic rings. The minimum Gasteiger partial charge on any atom is -0.511 e. The number of likely N-dealkylation sites (tertiary alicyclic amines) is 1. The van der Waals surface area contributed by atoms with Gasteiger partial charge < -0.3 is 20.2 Å². The molecule has 2 aliphatic carbocycles. The predicted molar refractivity (Wildman–Crippen MR) is 142 cm³/mol. The van der Waals surface area contributed by atoms with E-state index in [4.69, 9.17) is 0 Å². The maximum Gasteiger partial charge on any atom is 0.261 e. The number of likely N-dealkylation sites (N-methyl/N-ethyl adjacent to an activating group) is 1. The first-order valence-electron chi connectivity index (χ1n) is 13.1. The van der Waals surface area contributed by atoms with E-state index in [0.717, 1.165) is 24.8 Å². The first kappa shape index (κ1) is 28.1. The molecule has 198 valence electrons. The second-order valence-corrected chi connectivity index (χ2v) is 11.5. The lowest BCUT2D eigenvalue weighted by Gasteiger charge is -2.59. The summed E-state index contributed by atoms with van der Waals surface area (Å²) >= 11 is 0. The summed E-state index contributed by atoms with van der Waals surface area (Å²) in [6.07, 6.45) is 17.0. The average Bonchev–Trinajstić information content (AvgIpc) is 3.03. The lowest BCUT2D eigenvalue weighted by molar-refractivity contribution is -0.126. The first-order valence-corrected chi connectivity index (χ1v) is 13.1. The zero-order valence-electron chi connectivity index (χ0n) is 22.6. The van der Waals surface area contributed by atoms with Crippen molar-refractivity contribution in [2.75, 3.05) is 13.7 Å². The Morgan fingerprint density at radius 2 is 1.89 bits per heavy atom. The van der Waals surface area contributed by atoms with E-state index in [1.54, 1.807) is 6.92 Å². The number of hydrogen-bond acceptors (Lipinski definition) is 5. The van der Waals surface area contributed by atoms with Gasteiger partial charge >= 0.3 is 0 Å². The van der Waals surface area contributed by atoms with E-state index >= 15 is 0 Å². The fraction of sp³-hybridized carbons (Fsp3) is 0.600. The number of fused-ring (bicyclic) bond motifs is 1. The minimum atomic E-state index is -0.959. The third kappa shape index (κ3) is 4.78. The highest BCUT2D eigenvalue weighted by atomic mass is 16.3. The van der Waals surface area contributed by atoms with Crippen LogP contribution >= 0.6 is 0 Å². The summed E-state index contributed by atoms with van der Waals surface area (Å²) in [5.74, 6) is -0.619. The number of Topliss-reactive ketones (excluding diaryl/α,β-unsaturated/α-hetero) is 1. The number of aliphatic hydroxyl groups excluding tert-OH is 3. The van der Waals surface area contributed by atoms with Gasteiger partial charge in [-0.25, -0.2) is 0 Å². The Hall–Kier alpha value is -2.44. The van der Waals surface area contributed by atoms with Crippen molar-refractivity contribution in [1.82, 2.24) is 4.90 Å². The van der Waals surface area contributed by atoms with E-state index in [2.05, 4.69) is 32.9 Å². The van der Waals surface area contributed by atoms with Gasteiger partial charge in [0, 0.05) is 18.4 Å². The van der Waals surface area contributed by atoms with Crippen LogP contribution < -0.4 is 0 Å². The summed E-state index contributed by atoms with van der Waals surface area (Å²) in [5.41, 5.74) is -0.306. The number of amides is 1. The standard InChI is InChI=1S/C30H43NO5/c1-19-14-15-29(4)22(16-19)17-20(2)23(13-11-9-7-8-10-12-21(3)33)30(29,5)27(35)25-26(34)24(18-32)31(6)28(25)36/h7-11,13,17,19,21-24,32-33,35H,12,14-16,18H2,1-6H3/b9-7+,10-8+,13-11+,27-25+/t19-,21+,22+,23-,24+,29-,30+/m0/s1. The van der Waals surface area contributed by atoms with Gasteiger partial charge in [0.05, 0.1) is 12.7 Å². The maximum absolute atomic E-state index is 13.2. The molecule has 0 spiro atoms. The lowest BCUT2D eigenvalue weighted by atomic mass is 9.44. The third-order valence-corrected chi connectivity index (χ3v) is 9.10. The monoisotopic (exact) mass is 497 g/mol. The molecule has 1 heterocycles. The summed E-state index contributed by atoms with van der Waals surface area (Å²) in [4.78, 5) is 27.6. The number of carbonyl (C=O) groups is 2. The number of ketones is 1. The van der Waals surface area contributed by atoms with Crippen LogP contribution in [0.2, 0.25) is 0 Å². The van der Waals surface area contributed by atoms with Crippen LogP contribution in [0.4, 0.5) is 0 Å². The third-order valence-electron chi connectivity index (χ3n) is 9.10. The van der Waals surface area contributed by atoms with Crippen molar-refractivity contribution in [3.63, 3.8) is 0 Å². The molecule has 2 fully saturated rings. The van der Waals surface area contributed by atoms with Crippen LogP contribution in [0.5, 0.6) is 0 Å². The van der Waals surface area contributed by atoms with Gasteiger partial charge in [0.15, 0.2) is 5.78 Å². The summed E-state index contributed by atoms with van der Waals surface area (Å²) < 4.78 is 0. The van der Waals surface area contributed by atoms with E-state index in [1.807, 2.05) is 37.3 Å². The van der Waals surface area contributed by atoms with Gasteiger partial charge in [-0.05, 0) is 50.4 Å². The molecule has 0 radical (unpaired) electrons. The number of nitrogens with zero attached hydrogens (tertiary/aromatic N) is 1. The Morgan fingerprint density at radius 1 is 1.22 bits per heavy atom. The molecule has 0 aromatic heterocycles. The molecule has 3 N–H and O–H groups in total. The maximum atomic E-state index is 13.2. The van der Waals surface area contributed by atoms with Crippen molar-refractivity contribution in [2.24, 2.45) is 28.6 Å². The molecule has 0 unspecified atom stereocenters. The molecular weight excluding hydrogens is 454 g/mol. The molecule has 3 rings (SSSR count). The average molecular weight is 498 g/mol. The van der Waals surface area contributed by atoms with E-state index in [1.165, 1.54) is 11.9 Å². The van der Waals surface area contributed by atoms with E-state index in [0.29, 0.717) is 12.3 Å². The molecular formula is C30H43NO5. The highest BCUT2D eigenvalue weighted by Gasteiger charge is 2.60. The molecule has 1 amide bonds. The number of aliphatic hydroxyl groups is 3. The van der Waals surface area contributed by atoms with Gasteiger partial charge in [0.1, 0.15) is 17.4 Å². The fourth-order valence-electron chi connectivity index (χ4n) is 6.54. The molecule has 1 aliphatic heterocycles. The summed E-state index contributed by atoms with van der Waals surface area (Å²) in [7, 11) is 1.50. The minimum absolute atomic E-state index is 0.148. The highest BCUT2D eigenvalue weighted by molar-refractivity contribution is 6.26. The van der Waals surface area contributed by atoms with E-state index in [-0.39, 0.29) is 34.7 Å². The Kier molecular flexibility index (Phi) is 8.51. The van der Waals surface area contributed by atoms with Crippen molar-refractivity contribution in [3.8, 4) is 0 Å². The second kappa shape index (κ2) is 10.9. The molecule has 36 heavy (non-hydrogen) atoms. The van der Waals surface area contributed by atoms with Crippen molar-refractivity contribution < 1.29 is 24.9 Å². The van der Waals surface area contributed by atoms with Gasteiger partial charge in [-0.1, -0.05) is 75.3 Å². The van der Waals surface area contributed by atoms with Crippen molar-refractivity contribution in [2.45, 2.75) is 72.4 Å².